The first kappa shape index (κ1) is 41.1. The number of hydrogen-bond acceptors (Lipinski definition) is 12. The van der Waals surface area contributed by atoms with Gasteiger partial charge in [-0.05, 0) is 86.2 Å². The number of aromatic nitrogens is 4. The van der Waals surface area contributed by atoms with E-state index in [2.05, 4.69) is 46.7 Å². The number of likely N-dealkylation sites (tertiary alicyclic amines) is 1. The van der Waals surface area contributed by atoms with Crippen LogP contribution in [0.1, 0.15) is 65.7 Å². The van der Waals surface area contributed by atoms with Crippen LogP contribution in [0.3, 0.4) is 0 Å². The molecular weight excluding hydrogens is 830 g/mol. The molecule has 11 rings (SSSR count). The van der Waals surface area contributed by atoms with Crippen LogP contribution in [0.2, 0.25) is 0 Å². The lowest BCUT2D eigenvalue weighted by atomic mass is 9.93. The van der Waals surface area contributed by atoms with Crippen molar-refractivity contribution in [3.05, 3.63) is 83.1 Å². The summed E-state index contributed by atoms with van der Waals surface area (Å²) in [6.45, 7) is 9.12. The first-order chi connectivity index (χ1) is 31.6. The van der Waals surface area contributed by atoms with Crippen molar-refractivity contribution in [2.45, 2.75) is 77.0 Å². The summed E-state index contributed by atoms with van der Waals surface area (Å²) in [5, 5.41) is 15.3. The van der Waals surface area contributed by atoms with Gasteiger partial charge in [-0.15, -0.1) is 0 Å². The Morgan fingerprint density at radius 3 is 2.51 bits per heavy atom. The Balaban J connectivity index is 0.670. The number of rotatable bonds is 8. The number of halogens is 1. The molecule has 0 spiro atoms. The fraction of sp³-hybridized carbons (Fsp3) is 0.438. The zero-order chi connectivity index (χ0) is 44.3. The van der Waals surface area contributed by atoms with Crippen LogP contribution in [-0.4, -0.2) is 123 Å². The largest absolute Gasteiger partial charge is 0.474 e. The number of imide groups is 1. The van der Waals surface area contributed by atoms with Crippen LogP contribution in [0.25, 0.3) is 21.9 Å². The number of anilines is 4. The number of pyridine rings is 2. The molecule has 5 aromatic rings. The second kappa shape index (κ2) is 16.7. The Hall–Kier alpha value is -6.62. The molecule has 9 heterocycles. The molecule has 1 unspecified atom stereocenters. The molecule has 336 valence electrons. The number of piperidine rings is 3. The predicted molar refractivity (Wildman–Crippen MR) is 241 cm³/mol. The van der Waals surface area contributed by atoms with Gasteiger partial charge in [0.05, 0.1) is 0 Å². The normalized spacial score (nSPS) is 20.8. The number of carbonyl (C=O) groups excluding carboxylic acids is 4. The van der Waals surface area contributed by atoms with Crippen LogP contribution in [0.4, 0.5) is 27.4 Å². The summed E-state index contributed by atoms with van der Waals surface area (Å²) >= 11 is 0. The van der Waals surface area contributed by atoms with Gasteiger partial charge in [0.2, 0.25) is 23.6 Å². The second-order valence-corrected chi connectivity index (χ2v) is 18.3. The monoisotopic (exact) mass is 881 g/mol. The van der Waals surface area contributed by atoms with E-state index in [9.17, 15) is 19.2 Å². The van der Waals surface area contributed by atoms with Crippen LogP contribution in [0.15, 0.2) is 54.9 Å². The Bertz CT molecular complexity index is 2740. The van der Waals surface area contributed by atoms with Gasteiger partial charge in [-0.25, -0.2) is 14.4 Å². The quantitative estimate of drug-likeness (QED) is 0.178. The van der Waals surface area contributed by atoms with Crippen LogP contribution in [-0.2, 0) is 33.9 Å². The highest BCUT2D eigenvalue weighted by molar-refractivity contribution is 6.06. The molecule has 65 heavy (non-hydrogen) atoms. The van der Waals surface area contributed by atoms with Gasteiger partial charge in [0.1, 0.15) is 36.5 Å². The third kappa shape index (κ3) is 7.78. The molecule has 6 aliphatic heterocycles. The van der Waals surface area contributed by atoms with Gasteiger partial charge in [-0.3, -0.25) is 29.2 Å². The summed E-state index contributed by atoms with van der Waals surface area (Å²) in [5.41, 5.74) is 6.50. The van der Waals surface area contributed by atoms with Crippen LogP contribution >= 0.6 is 0 Å². The maximum atomic E-state index is 15.5. The lowest BCUT2D eigenvalue weighted by Gasteiger charge is -2.41. The number of fused-ring (bicyclic) bond motifs is 4. The summed E-state index contributed by atoms with van der Waals surface area (Å²) in [7, 11) is 0. The third-order valence-electron chi connectivity index (χ3n) is 14.4. The van der Waals surface area contributed by atoms with E-state index in [0.717, 1.165) is 92.0 Å². The van der Waals surface area contributed by atoms with Crippen molar-refractivity contribution in [2.24, 2.45) is 5.92 Å². The van der Waals surface area contributed by atoms with E-state index < -0.39 is 6.04 Å². The van der Waals surface area contributed by atoms with E-state index in [1.54, 1.807) is 22.0 Å². The molecule has 4 amide bonds. The molecule has 3 aromatic heterocycles. The second-order valence-electron chi connectivity index (χ2n) is 18.3. The van der Waals surface area contributed by atoms with E-state index in [1.807, 2.05) is 37.3 Å². The van der Waals surface area contributed by atoms with Gasteiger partial charge in [0.15, 0.2) is 5.82 Å². The fourth-order valence-corrected chi connectivity index (χ4v) is 10.9. The minimum Gasteiger partial charge on any atom is -0.474 e. The van der Waals surface area contributed by atoms with Gasteiger partial charge >= 0.3 is 0 Å². The molecule has 2 aromatic carbocycles. The number of hydrogen-bond donors (Lipinski definition) is 3. The predicted octanol–water partition coefficient (Wildman–Crippen LogP) is 5.02. The lowest BCUT2D eigenvalue weighted by molar-refractivity contribution is -0.137. The van der Waals surface area contributed by atoms with E-state index in [0.29, 0.717) is 84.6 Å². The van der Waals surface area contributed by atoms with Crippen molar-refractivity contribution in [1.29, 1.82) is 0 Å². The highest BCUT2D eigenvalue weighted by atomic mass is 19.1. The zero-order valence-electron chi connectivity index (χ0n) is 36.4. The SMILES string of the molecule is Cc1c(-c2cc3cc(Nc4cc5n(n4)CC(=O)N(C4CCN(CC6CCN(c7cccc8c7CN(C7CCC(=O)NC7=O)C8=O)CC6)CC4)CC5)ncc3cc2F)cnc2c1NCCO2. The number of nitrogens with one attached hydrogen (secondary N) is 3. The number of amides is 4. The van der Waals surface area contributed by atoms with Gasteiger partial charge in [0, 0.05) is 129 Å². The Morgan fingerprint density at radius 1 is 0.831 bits per heavy atom. The molecule has 16 nitrogen and oxygen atoms in total. The maximum absolute atomic E-state index is 15.5. The van der Waals surface area contributed by atoms with Crippen molar-refractivity contribution in [1.82, 2.24) is 39.8 Å². The van der Waals surface area contributed by atoms with Crippen molar-refractivity contribution in [3.63, 3.8) is 0 Å². The van der Waals surface area contributed by atoms with Gasteiger partial charge in [-0.2, -0.15) is 5.10 Å². The lowest BCUT2D eigenvalue weighted by Crippen LogP contribution is -2.52. The molecule has 0 bridgehead atoms. The summed E-state index contributed by atoms with van der Waals surface area (Å²) in [6, 6.07) is 12.7. The topological polar surface area (TPSA) is 170 Å². The molecule has 0 saturated carbocycles. The molecule has 17 heteroatoms. The summed E-state index contributed by atoms with van der Waals surface area (Å²) in [4.78, 5) is 69.1. The average Bonchev–Trinajstić information content (AvgIpc) is 3.80. The van der Waals surface area contributed by atoms with Crippen molar-refractivity contribution in [2.75, 3.05) is 68.0 Å². The van der Waals surface area contributed by atoms with E-state index >= 15 is 4.39 Å². The van der Waals surface area contributed by atoms with Gasteiger partial charge < -0.3 is 35.0 Å². The first-order valence-corrected chi connectivity index (χ1v) is 23.0. The van der Waals surface area contributed by atoms with E-state index in [1.165, 1.54) is 6.07 Å². The van der Waals surface area contributed by atoms with Gasteiger partial charge in [0.25, 0.3) is 5.91 Å². The average molecular weight is 882 g/mol. The van der Waals surface area contributed by atoms with E-state index in [-0.39, 0.29) is 48.5 Å². The van der Waals surface area contributed by atoms with Crippen molar-refractivity contribution >= 4 is 57.4 Å². The van der Waals surface area contributed by atoms with Crippen molar-refractivity contribution < 1.29 is 28.3 Å². The number of ether oxygens (including phenoxy) is 1. The highest BCUT2D eigenvalue weighted by Gasteiger charge is 2.41. The number of nitrogens with zero attached hydrogens (tertiary/aromatic N) is 8. The third-order valence-corrected chi connectivity index (χ3v) is 14.4. The van der Waals surface area contributed by atoms with Gasteiger partial charge in [-0.1, -0.05) is 6.07 Å². The summed E-state index contributed by atoms with van der Waals surface area (Å²) in [5.74, 6) is 1.20. The number of benzene rings is 2. The highest BCUT2D eigenvalue weighted by Crippen LogP contribution is 2.39. The minimum atomic E-state index is -0.621. The Labute approximate surface area is 375 Å². The summed E-state index contributed by atoms with van der Waals surface area (Å²) < 4.78 is 23.0. The molecule has 3 saturated heterocycles. The number of carbonyl (C=O) groups is 4. The van der Waals surface area contributed by atoms with Crippen LogP contribution in [0, 0.1) is 18.7 Å². The Morgan fingerprint density at radius 2 is 1.68 bits per heavy atom. The summed E-state index contributed by atoms with van der Waals surface area (Å²) in [6.07, 6.45) is 8.61. The molecule has 1 atom stereocenters. The zero-order valence-corrected chi connectivity index (χ0v) is 36.4. The molecule has 0 aliphatic carbocycles. The molecule has 3 fully saturated rings. The Kier molecular flexibility index (Phi) is 10.6. The molecule has 6 aliphatic rings. The smallest absolute Gasteiger partial charge is 0.255 e. The fourth-order valence-electron chi connectivity index (χ4n) is 10.9. The van der Waals surface area contributed by atoms with Crippen molar-refractivity contribution in [3.8, 4) is 17.0 Å². The van der Waals surface area contributed by atoms with Crippen LogP contribution < -0.4 is 25.6 Å². The molecular formula is C48H52FN11O5. The standard InChI is InChI=1S/C48H52FN11O5/c1-28-36(24-52-47-45(28)50-12-18-65-47)35-19-30-21-41(51-23-31(30)20-38(35)49)53-42-22-33-11-17-58(44(62)27-60(33)55-42)32-9-13-56(14-10-32)25-29-7-15-57(16-8-29)39-4-2-3-34-37(39)26-59(48(34)64)40-5-6-43(61)54-46(40)63/h2-4,19-24,29,32,40,50H,5-18,25-27H2,1H3,(H,51,53,55)(H,54,61,63). The van der Waals surface area contributed by atoms with Crippen LogP contribution in [0.5, 0.6) is 5.88 Å². The molecule has 3 N–H and O–H groups in total. The van der Waals surface area contributed by atoms with E-state index in [4.69, 9.17) is 9.84 Å². The first-order valence-electron chi connectivity index (χ1n) is 23.0. The minimum absolute atomic E-state index is 0.0886. The maximum Gasteiger partial charge on any atom is 0.255 e. The molecule has 0 radical (unpaired) electrons.